The Morgan fingerprint density at radius 2 is 1.88 bits per heavy atom. The Kier molecular flexibility index (Phi) is 2.84. The molecule has 0 aliphatic heterocycles. The van der Waals surface area contributed by atoms with Crippen LogP contribution in [0.2, 0.25) is 0 Å². The topological polar surface area (TPSA) is 62.7 Å². The second kappa shape index (κ2) is 4.45. The van der Waals surface area contributed by atoms with Crippen molar-refractivity contribution in [2.24, 2.45) is 0 Å². The molecule has 1 heterocycles. The van der Waals surface area contributed by atoms with Gasteiger partial charge in [0.2, 0.25) is 0 Å². The summed E-state index contributed by atoms with van der Waals surface area (Å²) in [7, 11) is 0. The van der Waals surface area contributed by atoms with Gasteiger partial charge in [0, 0.05) is 11.9 Å². The largest absolute Gasteiger partial charge is 0.399 e. The van der Waals surface area contributed by atoms with E-state index in [1.54, 1.807) is 18.3 Å². The molecular formula is C13H11N3. The molecule has 2 N–H and O–H groups in total. The monoisotopic (exact) mass is 209 g/mol. The number of benzene rings is 1. The highest BCUT2D eigenvalue weighted by atomic mass is 14.7. The van der Waals surface area contributed by atoms with Crippen LogP contribution in [0.15, 0.2) is 48.7 Å². The van der Waals surface area contributed by atoms with Gasteiger partial charge in [-0.05, 0) is 29.8 Å². The third-order valence-corrected chi connectivity index (χ3v) is 2.38. The number of anilines is 1. The SMILES string of the molecule is N#CC(c1ccc(N)cc1)c1ccccn1. The molecule has 1 aromatic heterocycles. The van der Waals surface area contributed by atoms with Crippen LogP contribution in [0.25, 0.3) is 0 Å². The first kappa shape index (κ1) is 10.2. The summed E-state index contributed by atoms with van der Waals surface area (Å²) in [6, 6.07) is 15.1. The number of nitriles is 1. The molecule has 2 rings (SSSR count). The molecule has 2 aromatic rings. The second-order valence-electron chi connectivity index (χ2n) is 3.48. The van der Waals surface area contributed by atoms with E-state index in [2.05, 4.69) is 11.1 Å². The Labute approximate surface area is 94.2 Å². The summed E-state index contributed by atoms with van der Waals surface area (Å²) in [5.41, 5.74) is 7.98. The number of nitrogens with zero attached hydrogens (tertiary/aromatic N) is 2. The number of hydrogen-bond donors (Lipinski definition) is 1. The van der Waals surface area contributed by atoms with Crippen molar-refractivity contribution in [1.82, 2.24) is 4.98 Å². The van der Waals surface area contributed by atoms with E-state index in [-0.39, 0.29) is 5.92 Å². The highest BCUT2D eigenvalue weighted by molar-refractivity contribution is 5.43. The van der Waals surface area contributed by atoms with Crippen molar-refractivity contribution in [2.75, 3.05) is 5.73 Å². The minimum atomic E-state index is -0.332. The molecule has 0 saturated heterocycles. The molecule has 3 nitrogen and oxygen atoms in total. The lowest BCUT2D eigenvalue weighted by atomic mass is 9.96. The lowest BCUT2D eigenvalue weighted by Gasteiger charge is -2.08. The molecule has 0 bridgehead atoms. The van der Waals surface area contributed by atoms with Gasteiger partial charge in [0.15, 0.2) is 0 Å². The zero-order valence-electron chi connectivity index (χ0n) is 8.67. The van der Waals surface area contributed by atoms with Crippen LogP contribution in [0.4, 0.5) is 5.69 Å². The number of aromatic nitrogens is 1. The minimum Gasteiger partial charge on any atom is -0.399 e. The Balaban J connectivity index is 2.38. The Morgan fingerprint density at radius 1 is 1.12 bits per heavy atom. The van der Waals surface area contributed by atoms with Crippen LogP contribution in [0.3, 0.4) is 0 Å². The maximum Gasteiger partial charge on any atom is 0.113 e. The molecule has 1 aromatic carbocycles. The van der Waals surface area contributed by atoms with E-state index >= 15 is 0 Å². The van der Waals surface area contributed by atoms with Crippen LogP contribution < -0.4 is 5.73 Å². The Morgan fingerprint density at radius 3 is 2.44 bits per heavy atom. The van der Waals surface area contributed by atoms with E-state index in [1.165, 1.54) is 0 Å². The zero-order chi connectivity index (χ0) is 11.4. The molecule has 16 heavy (non-hydrogen) atoms. The smallest absolute Gasteiger partial charge is 0.113 e. The van der Waals surface area contributed by atoms with Crippen molar-refractivity contribution >= 4 is 5.69 Å². The van der Waals surface area contributed by atoms with Gasteiger partial charge in [-0.3, -0.25) is 4.98 Å². The fourth-order valence-electron chi connectivity index (χ4n) is 1.55. The van der Waals surface area contributed by atoms with Gasteiger partial charge in [-0.1, -0.05) is 18.2 Å². The molecule has 1 unspecified atom stereocenters. The highest BCUT2D eigenvalue weighted by Crippen LogP contribution is 2.22. The molecule has 78 valence electrons. The van der Waals surface area contributed by atoms with Gasteiger partial charge in [0.25, 0.3) is 0 Å². The van der Waals surface area contributed by atoms with E-state index in [1.807, 2.05) is 30.3 Å². The number of hydrogen-bond acceptors (Lipinski definition) is 3. The van der Waals surface area contributed by atoms with Gasteiger partial charge >= 0.3 is 0 Å². The maximum atomic E-state index is 9.18. The second-order valence-corrected chi connectivity index (χ2v) is 3.48. The third-order valence-electron chi connectivity index (χ3n) is 2.38. The molecule has 0 spiro atoms. The van der Waals surface area contributed by atoms with Gasteiger partial charge in [-0.15, -0.1) is 0 Å². The van der Waals surface area contributed by atoms with Gasteiger partial charge in [-0.25, -0.2) is 0 Å². The summed E-state index contributed by atoms with van der Waals surface area (Å²) in [5.74, 6) is -0.332. The number of nitrogens with two attached hydrogens (primary N) is 1. The first-order valence-electron chi connectivity index (χ1n) is 4.97. The first-order valence-corrected chi connectivity index (χ1v) is 4.97. The standard InChI is InChI=1S/C13H11N3/c14-9-12(13-3-1-2-8-16-13)10-4-6-11(15)7-5-10/h1-8,12H,15H2. The minimum absolute atomic E-state index is 0.332. The molecule has 0 aliphatic carbocycles. The summed E-state index contributed by atoms with van der Waals surface area (Å²) in [4.78, 5) is 4.19. The van der Waals surface area contributed by atoms with E-state index in [4.69, 9.17) is 5.73 Å². The molecule has 0 fully saturated rings. The van der Waals surface area contributed by atoms with E-state index < -0.39 is 0 Å². The zero-order valence-corrected chi connectivity index (χ0v) is 8.67. The fourth-order valence-corrected chi connectivity index (χ4v) is 1.55. The van der Waals surface area contributed by atoms with Crippen LogP contribution in [0.1, 0.15) is 17.2 Å². The number of nitrogen functional groups attached to an aromatic ring is 1. The summed E-state index contributed by atoms with van der Waals surface area (Å²) < 4.78 is 0. The highest BCUT2D eigenvalue weighted by Gasteiger charge is 2.13. The molecule has 0 radical (unpaired) electrons. The summed E-state index contributed by atoms with van der Waals surface area (Å²) >= 11 is 0. The van der Waals surface area contributed by atoms with Gasteiger partial charge < -0.3 is 5.73 Å². The van der Waals surface area contributed by atoms with Crippen molar-refractivity contribution < 1.29 is 0 Å². The van der Waals surface area contributed by atoms with Crippen LogP contribution in [0.5, 0.6) is 0 Å². The fraction of sp³-hybridized carbons (Fsp3) is 0.0769. The van der Waals surface area contributed by atoms with Crippen molar-refractivity contribution in [2.45, 2.75) is 5.92 Å². The van der Waals surface area contributed by atoms with Gasteiger partial charge in [0.1, 0.15) is 5.92 Å². The summed E-state index contributed by atoms with van der Waals surface area (Å²) in [6.07, 6.45) is 1.69. The lowest BCUT2D eigenvalue weighted by molar-refractivity contribution is 0.966. The summed E-state index contributed by atoms with van der Waals surface area (Å²) in [6.45, 7) is 0. The van der Waals surface area contributed by atoms with Crippen LogP contribution >= 0.6 is 0 Å². The van der Waals surface area contributed by atoms with Gasteiger partial charge in [0.05, 0.1) is 11.8 Å². The molecule has 3 heteroatoms. The average molecular weight is 209 g/mol. The first-order chi connectivity index (χ1) is 7.81. The Hall–Kier alpha value is -2.34. The molecular weight excluding hydrogens is 198 g/mol. The van der Waals surface area contributed by atoms with Crippen molar-refractivity contribution in [3.8, 4) is 6.07 Å². The van der Waals surface area contributed by atoms with Crippen LogP contribution in [0, 0.1) is 11.3 Å². The van der Waals surface area contributed by atoms with Crippen molar-refractivity contribution in [3.05, 3.63) is 59.9 Å². The van der Waals surface area contributed by atoms with Crippen molar-refractivity contribution in [3.63, 3.8) is 0 Å². The average Bonchev–Trinajstić information content (AvgIpc) is 2.34. The van der Waals surface area contributed by atoms with Crippen LogP contribution in [-0.2, 0) is 0 Å². The van der Waals surface area contributed by atoms with E-state index in [0.29, 0.717) is 5.69 Å². The number of rotatable bonds is 2. The quantitative estimate of drug-likeness (QED) is 0.772. The predicted molar refractivity (Wildman–Crippen MR) is 62.5 cm³/mol. The van der Waals surface area contributed by atoms with Crippen LogP contribution in [-0.4, -0.2) is 4.98 Å². The molecule has 1 atom stereocenters. The number of pyridine rings is 1. The molecule has 0 aliphatic rings. The Bertz CT molecular complexity index is 497. The molecule has 0 saturated carbocycles. The van der Waals surface area contributed by atoms with E-state index in [0.717, 1.165) is 11.3 Å². The summed E-state index contributed by atoms with van der Waals surface area (Å²) in [5, 5.41) is 9.18. The maximum absolute atomic E-state index is 9.18. The third kappa shape index (κ3) is 2.01. The normalized spacial score (nSPS) is 11.7. The van der Waals surface area contributed by atoms with Crippen molar-refractivity contribution in [1.29, 1.82) is 5.26 Å². The van der Waals surface area contributed by atoms with E-state index in [9.17, 15) is 5.26 Å². The lowest BCUT2D eigenvalue weighted by Crippen LogP contribution is -2.00. The molecule has 0 amide bonds. The predicted octanol–water partition coefficient (Wildman–Crippen LogP) is 2.32. The van der Waals surface area contributed by atoms with Gasteiger partial charge in [-0.2, -0.15) is 5.26 Å².